The number of nitrogens with zero attached hydrogens (tertiary/aromatic N) is 1. The van der Waals surface area contributed by atoms with Gasteiger partial charge in [0.25, 0.3) is 5.91 Å². The van der Waals surface area contributed by atoms with E-state index in [9.17, 15) is 9.59 Å². The summed E-state index contributed by atoms with van der Waals surface area (Å²) in [6, 6.07) is 12.2. The van der Waals surface area contributed by atoms with Gasteiger partial charge in [0.05, 0.1) is 5.92 Å². The van der Waals surface area contributed by atoms with Crippen molar-refractivity contribution >= 4 is 11.8 Å². The maximum Gasteiger partial charge on any atom is 0.253 e. The molecule has 148 valence electrons. The Hall–Kier alpha value is -2.62. The number of carbonyl (C=O) groups excluding carboxylic acids is 2. The van der Waals surface area contributed by atoms with E-state index in [1.807, 2.05) is 30.9 Å². The molecule has 2 aromatic carbocycles. The highest BCUT2D eigenvalue weighted by Gasteiger charge is 2.29. The highest BCUT2D eigenvalue weighted by atomic mass is 16.2. The summed E-state index contributed by atoms with van der Waals surface area (Å²) in [4.78, 5) is 27.5. The summed E-state index contributed by atoms with van der Waals surface area (Å²) in [7, 11) is 0. The lowest BCUT2D eigenvalue weighted by Gasteiger charge is -2.32. The predicted octanol–water partition coefficient (Wildman–Crippen LogP) is 4.09. The van der Waals surface area contributed by atoms with Crippen molar-refractivity contribution in [2.24, 2.45) is 5.92 Å². The van der Waals surface area contributed by atoms with E-state index in [-0.39, 0.29) is 17.7 Å². The first-order chi connectivity index (χ1) is 13.3. The molecule has 1 fully saturated rings. The molecule has 0 aliphatic carbocycles. The van der Waals surface area contributed by atoms with Crippen LogP contribution in [0.25, 0.3) is 0 Å². The summed E-state index contributed by atoms with van der Waals surface area (Å²) < 4.78 is 0. The number of hydrogen-bond acceptors (Lipinski definition) is 2. The average Bonchev–Trinajstić information content (AvgIpc) is 2.67. The van der Waals surface area contributed by atoms with Gasteiger partial charge in [0.1, 0.15) is 0 Å². The number of piperidine rings is 1. The molecule has 0 unspecified atom stereocenters. The molecule has 0 spiro atoms. The minimum atomic E-state index is -0.145. The normalized spacial score (nSPS) is 16.7. The fourth-order valence-corrected chi connectivity index (χ4v) is 3.97. The highest BCUT2D eigenvalue weighted by molar-refractivity contribution is 5.95. The number of likely N-dealkylation sites (tertiary alicyclic amines) is 1. The minimum Gasteiger partial charge on any atom is -0.352 e. The van der Waals surface area contributed by atoms with E-state index < -0.39 is 0 Å². The zero-order valence-electron chi connectivity index (χ0n) is 17.3. The second-order valence-electron chi connectivity index (χ2n) is 8.11. The Bertz CT molecular complexity index is 868. The molecular weight excluding hydrogens is 348 g/mol. The molecule has 0 radical (unpaired) electrons. The van der Waals surface area contributed by atoms with Crippen LogP contribution in [0.3, 0.4) is 0 Å². The van der Waals surface area contributed by atoms with Gasteiger partial charge >= 0.3 is 0 Å². The molecule has 0 bridgehead atoms. The van der Waals surface area contributed by atoms with Gasteiger partial charge in [-0.25, -0.2) is 0 Å². The Balaban J connectivity index is 1.63. The molecular formula is C24H30N2O2. The van der Waals surface area contributed by atoms with Crippen LogP contribution in [0.2, 0.25) is 0 Å². The number of aryl methyl sites for hydroxylation is 4. The van der Waals surface area contributed by atoms with Gasteiger partial charge in [0, 0.05) is 25.2 Å². The van der Waals surface area contributed by atoms with Crippen LogP contribution in [-0.4, -0.2) is 29.8 Å². The van der Waals surface area contributed by atoms with Gasteiger partial charge in [-0.05, 0) is 63.8 Å². The van der Waals surface area contributed by atoms with Crippen LogP contribution in [0, 0.1) is 33.6 Å². The fourth-order valence-electron chi connectivity index (χ4n) is 3.97. The summed E-state index contributed by atoms with van der Waals surface area (Å²) in [5.41, 5.74) is 6.41. The molecule has 0 saturated carbocycles. The topological polar surface area (TPSA) is 49.4 Å². The summed E-state index contributed by atoms with van der Waals surface area (Å²) in [6.07, 6.45) is 1.69. The lowest BCUT2D eigenvalue weighted by atomic mass is 9.95. The molecule has 2 aromatic rings. The van der Waals surface area contributed by atoms with Crippen molar-refractivity contribution in [3.05, 3.63) is 69.8 Å². The summed E-state index contributed by atoms with van der Waals surface area (Å²) in [5, 5.41) is 3.08. The second-order valence-corrected chi connectivity index (χ2v) is 8.11. The highest BCUT2D eigenvalue weighted by Crippen LogP contribution is 2.20. The number of benzene rings is 2. The third-order valence-corrected chi connectivity index (χ3v) is 5.51. The van der Waals surface area contributed by atoms with E-state index in [0.29, 0.717) is 25.2 Å². The smallest absolute Gasteiger partial charge is 0.253 e. The molecule has 28 heavy (non-hydrogen) atoms. The molecule has 0 aromatic heterocycles. The fraction of sp³-hybridized carbons (Fsp3) is 0.417. The average molecular weight is 379 g/mol. The SMILES string of the molecule is Cc1cc(C)cc(C(=O)N2CCC[C@H](C(=O)NCc3cc(C)ccc3C)C2)c1. The molecule has 1 atom stereocenters. The quantitative estimate of drug-likeness (QED) is 0.871. The number of carbonyl (C=O) groups is 2. The van der Waals surface area contributed by atoms with E-state index in [0.717, 1.165) is 29.5 Å². The van der Waals surface area contributed by atoms with E-state index >= 15 is 0 Å². The lowest BCUT2D eigenvalue weighted by Crippen LogP contribution is -2.45. The van der Waals surface area contributed by atoms with Crippen molar-refractivity contribution in [2.45, 2.75) is 47.1 Å². The molecule has 4 heteroatoms. The van der Waals surface area contributed by atoms with Crippen LogP contribution in [0.5, 0.6) is 0 Å². The molecule has 4 nitrogen and oxygen atoms in total. The summed E-state index contributed by atoms with van der Waals surface area (Å²) in [6.45, 7) is 9.87. The van der Waals surface area contributed by atoms with Gasteiger partial charge < -0.3 is 10.2 Å². The van der Waals surface area contributed by atoms with Crippen molar-refractivity contribution in [3.8, 4) is 0 Å². The standard InChI is InChI=1S/C24H30N2O2/c1-16-7-8-19(4)22(11-16)14-25-23(27)20-6-5-9-26(15-20)24(28)21-12-17(2)10-18(3)13-21/h7-8,10-13,20H,5-6,9,14-15H2,1-4H3,(H,25,27)/t20-/m0/s1. The van der Waals surface area contributed by atoms with Crippen LogP contribution in [0.4, 0.5) is 0 Å². The molecule has 1 aliphatic heterocycles. The van der Waals surface area contributed by atoms with E-state index in [1.165, 1.54) is 11.1 Å². The first-order valence-corrected chi connectivity index (χ1v) is 10.0. The van der Waals surface area contributed by atoms with Crippen LogP contribution < -0.4 is 5.32 Å². The lowest BCUT2D eigenvalue weighted by molar-refractivity contribution is -0.126. The first kappa shape index (κ1) is 20.1. The minimum absolute atomic E-state index is 0.0267. The van der Waals surface area contributed by atoms with Crippen molar-refractivity contribution in [3.63, 3.8) is 0 Å². The number of hydrogen-bond donors (Lipinski definition) is 1. The zero-order valence-corrected chi connectivity index (χ0v) is 17.3. The molecule has 1 saturated heterocycles. The molecule has 1 heterocycles. The largest absolute Gasteiger partial charge is 0.352 e. The van der Waals surface area contributed by atoms with E-state index in [2.05, 4.69) is 43.4 Å². The Kier molecular flexibility index (Phi) is 6.18. The molecule has 3 rings (SSSR count). The maximum absolute atomic E-state index is 12.9. The molecule has 2 amide bonds. The number of nitrogens with one attached hydrogen (secondary N) is 1. The van der Waals surface area contributed by atoms with Crippen LogP contribution in [0.15, 0.2) is 36.4 Å². The van der Waals surface area contributed by atoms with Gasteiger partial charge in [-0.15, -0.1) is 0 Å². The van der Waals surface area contributed by atoms with Crippen molar-refractivity contribution in [2.75, 3.05) is 13.1 Å². The monoisotopic (exact) mass is 378 g/mol. The third kappa shape index (κ3) is 4.80. The predicted molar refractivity (Wildman–Crippen MR) is 112 cm³/mol. The maximum atomic E-state index is 12.9. The third-order valence-electron chi connectivity index (χ3n) is 5.51. The van der Waals surface area contributed by atoms with Crippen molar-refractivity contribution in [1.82, 2.24) is 10.2 Å². The van der Waals surface area contributed by atoms with Crippen molar-refractivity contribution in [1.29, 1.82) is 0 Å². The van der Waals surface area contributed by atoms with Gasteiger partial charge in [0.2, 0.25) is 5.91 Å². The Morgan fingerprint density at radius 2 is 1.71 bits per heavy atom. The van der Waals surface area contributed by atoms with Crippen LogP contribution in [-0.2, 0) is 11.3 Å². The Morgan fingerprint density at radius 1 is 1.00 bits per heavy atom. The summed E-state index contributed by atoms with van der Waals surface area (Å²) >= 11 is 0. The number of rotatable bonds is 4. The van der Waals surface area contributed by atoms with Crippen molar-refractivity contribution < 1.29 is 9.59 Å². The number of amides is 2. The van der Waals surface area contributed by atoms with E-state index in [4.69, 9.17) is 0 Å². The Morgan fingerprint density at radius 3 is 2.43 bits per heavy atom. The van der Waals surface area contributed by atoms with Gasteiger partial charge in [-0.1, -0.05) is 41.0 Å². The molecule has 1 aliphatic rings. The van der Waals surface area contributed by atoms with E-state index in [1.54, 1.807) is 0 Å². The van der Waals surface area contributed by atoms with Gasteiger partial charge in [-0.2, -0.15) is 0 Å². The summed E-state index contributed by atoms with van der Waals surface area (Å²) in [5.74, 6) is -0.0774. The zero-order chi connectivity index (χ0) is 20.3. The second kappa shape index (κ2) is 8.59. The van der Waals surface area contributed by atoms with Gasteiger partial charge in [0.15, 0.2) is 0 Å². The van der Waals surface area contributed by atoms with Gasteiger partial charge in [-0.3, -0.25) is 9.59 Å². The first-order valence-electron chi connectivity index (χ1n) is 10.0. The van der Waals surface area contributed by atoms with Crippen LogP contribution >= 0.6 is 0 Å². The Labute approximate surface area is 167 Å². The molecule has 1 N–H and O–H groups in total. The van der Waals surface area contributed by atoms with Crippen LogP contribution in [0.1, 0.15) is 51.0 Å².